The van der Waals surface area contributed by atoms with Gasteiger partial charge in [-0.3, -0.25) is 10.1 Å². The van der Waals surface area contributed by atoms with Gasteiger partial charge in [-0.2, -0.15) is 0 Å². The molecule has 0 bridgehead atoms. The number of nitro benzene ring substituents is 1. The maximum Gasteiger partial charge on any atom is 0.269 e. The highest BCUT2D eigenvalue weighted by Gasteiger charge is 2.19. The number of hydrogen-bond donors (Lipinski definition) is 1. The Morgan fingerprint density at radius 2 is 1.82 bits per heavy atom. The second kappa shape index (κ2) is 6.20. The van der Waals surface area contributed by atoms with Crippen LogP contribution in [0.1, 0.15) is 18.5 Å². The number of halogens is 1. The molecular formula is C14H13FN2O4S. The van der Waals surface area contributed by atoms with E-state index in [0.717, 1.165) is 12.1 Å². The molecule has 2 rings (SSSR count). The third-order valence-corrected chi connectivity index (χ3v) is 4.58. The monoisotopic (exact) mass is 324 g/mol. The number of benzene rings is 2. The molecule has 0 radical (unpaired) electrons. The summed E-state index contributed by atoms with van der Waals surface area (Å²) in [5.41, 5.74) is 0.481. The first-order chi connectivity index (χ1) is 10.3. The highest BCUT2D eigenvalue weighted by molar-refractivity contribution is 7.89. The van der Waals surface area contributed by atoms with Crippen molar-refractivity contribution in [3.05, 3.63) is 70.0 Å². The average Bonchev–Trinajstić information content (AvgIpc) is 2.47. The van der Waals surface area contributed by atoms with E-state index >= 15 is 0 Å². The van der Waals surface area contributed by atoms with Crippen molar-refractivity contribution in [2.75, 3.05) is 0 Å². The van der Waals surface area contributed by atoms with Crippen LogP contribution >= 0.6 is 0 Å². The normalized spacial score (nSPS) is 12.8. The molecule has 116 valence electrons. The predicted octanol–water partition coefficient (Wildman–Crippen LogP) is 2.77. The summed E-state index contributed by atoms with van der Waals surface area (Å²) in [7, 11) is -3.88. The lowest BCUT2D eigenvalue weighted by Gasteiger charge is -2.14. The number of non-ortho nitro benzene ring substituents is 1. The van der Waals surface area contributed by atoms with E-state index in [1.54, 1.807) is 6.92 Å². The number of nitrogens with zero attached hydrogens (tertiary/aromatic N) is 1. The molecule has 0 aliphatic carbocycles. The molecule has 2 aromatic carbocycles. The Hall–Kier alpha value is -2.32. The van der Waals surface area contributed by atoms with Crippen LogP contribution in [0.4, 0.5) is 10.1 Å². The Balaban J connectivity index is 2.20. The van der Waals surface area contributed by atoms with Crippen LogP contribution in [-0.4, -0.2) is 13.3 Å². The molecule has 1 atom stereocenters. The third-order valence-electron chi connectivity index (χ3n) is 3.04. The molecule has 0 saturated heterocycles. The minimum Gasteiger partial charge on any atom is -0.258 e. The van der Waals surface area contributed by atoms with E-state index in [-0.39, 0.29) is 10.6 Å². The van der Waals surface area contributed by atoms with Gasteiger partial charge in [-0.25, -0.2) is 17.5 Å². The molecule has 0 aromatic heterocycles. The fraction of sp³-hybridized carbons (Fsp3) is 0.143. The van der Waals surface area contributed by atoms with Gasteiger partial charge < -0.3 is 0 Å². The van der Waals surface area contributed by atoms with E-state index in [2.05, 4.69) is 4.72 Å². The summed E-state index contributed by atoms with van der Waals surface area (Å²) >= 11 is 0. The molecule has 8 heteroatoms. The van der Waals surface area contributed by atoms with Gasteiger partial charge in [-0.05, 0) is 30.7 Å². The SMILES string of the molecule is CC(NS(=O)(=O)c1cccc(F)c1)c1ccc([N+](=O)[O-])cc1. The minimum absolute atomic E-state index is 0.0797. The molecule has 0 heterocycles. The maximum absolute atomic E-state index is 13.1. The molecule has 0 saturated carbocycles. The van der Waals surface area contributed by atoms with Gasteiger partial charge in [0, 0.05) is 18.2 Å². The summed E-state index contributed by atoms with van der Waals surface area (Å²) in [6, 6.07) is 9.57. The number of hydrogen-bond acceptors (Lipinski definition) is 4. The maximum atomic E-state index is 13.1. The fourth-order valence-corrected chi connectivity index (χ4v) is 3.15. The lowest BCUT2D eigenvalue weighted by atomic mass is 10.1. The average molecular weight is 324 g/mol. The number of sulfonamides is 1. The van der Waals surface area contributed by atoms with Gasteiger partial charge in [0.05, 0.1) is 9.82 Å². The molecule has 1 unspecified atom stereocenters. The third kappa shape index (κ3) is 3.66. The molecule has 0 aliphatic rings. The lowest BCUT2D eigenvalue weighted by molar-refractivity contribution is -0.384. The molecule has 2 aromatic rings. The summed E-state index contributed by atoms with van der Waals surface area (Å²) in [6.45, 7) is 1.60. The smallest absolute Gasteiger partial charge is 0.258 e. The molecule has 0 fully saturated rings. The summed E-state index contributed by atoms with van der Waals surface area (Å²) in [5.74, 6) is -0.647. The number of rotatable bonds is 5. The van der Waals surface area contributed by atoms with Gasteiger partial charge in [0.2, 0.25) is 10.0 Å². The van der Waals surface area contributed by atoms with E-state index in [0.29, 0.717) is 5.56 Å². The van der Waals surface area contributed by atoms with Crippen LogP contribution in [0.2, 0.25) is 0 Å². The number of nitro groups is 1. The zero-order valence-electron chi connectivity index (χ0n) is 11.6. The Bertz CT molecular complexity index is 791. The molecule has 1 N–H and O–H groups in total. The zero-order chi connectivity index (χ0) is 16.3. The van der Waals surface area contributed by atoms with Crippen molar-refractivity contribution in [2.45, 2.75) is 17.9 Å². The first kappa shape index (κ1) is 16.1. The fourth-order valence-electron chi connectivity index (χ4n) is 1.89. The Labute approximate surface area is 126 Å². The summed E-state index contributed by atoms with van der Waals surface area (Å²) < 4.78 is 39.8. The van der Waals surface area contributed by atoms with Crippen molar-refractivity contribution in [2.24, 2.45) is 0 Å². The van der Waals surface area contributed by atoms with Crippen LogP contribution < -0.4 is 4.72 Å². The van der Waals surface area contributed by atoms with Gasteiger partial charge in [0.1, 0.15) is 5.82 Å². The van der Waals surface area contributed by atoms with Crippen LogP contribution in [0.5, 0.6) is 0 Å². The van der Waals surface area contributed by atoms with E-state index in [9.17, 15) is 22.9 Å². The van der Waals surface area contributed by atoms with E-state index < -0.39 is 26.8 Å². The van der Waals surface area contributed by atoms with Crippen molar-refractivity contribution in [3.63, 3.8) is 0 Å². The van der Waals surface area contributed by atoms with Crippen LogP contribution in [0.3, 0.4) is 0 Å². The highest BCUT2D eigenvalue weighted by Crippen LogP contribution is 2.20. The van der Waals surface area contributed by atoms with Gasteiger partial charge in [0.25, 0.3) is 5.69 Å². The molecule has 0 amide bonds. The van der Waals surface area contributed by atoms with Crippen molar-refractivity contribution in [1.82, 2.24) is 4.72 Å². The lowest BCUT2D eigenvalue weighted by Crippen LogP contribution is -2.27. The quantitative estimate of drug-likeness (QED) is 0.676. The van der Waals surface area contributed by atoms with Gasteiger partial charge in [-0.1, -0.05) is 18.2 Å². The molecule has 0 aliphatic heterocycles. The first-order valence-corrected chi connectivity index (χ1v) is 7.80. The van der Waals surface area contributed by atoms with E-state index in [4.69, 9.17) is 0 Å². The van der Waals surface area contributed by atoms with E-state index in [1.807, 2.05) is 0 Å². The molecule has 22 heavy (non-hydrogen) atoms. The predicted molar refractivity (Wildman–Crippen MR) is 78.2 cm³/mol. The van der Waals surface area contributed by atoms with Crippen LogP contribution in [0.25, 0.3) is 0 Å². The molecule has 6 nitrogen and oxygen atoms in total. The van der Waals surface area contributed by atoms with Crippen molar-refractivity contribution in [3.8, 4) is 0 Å². The van der Waals surface area contributed by atoms with Crippen molar-refractivity contribution >= 4 is 15.7 Å². The number of nitrogens with one attached hydrogen (secondary N) is 1. The van der Waals surface area contributed by atoms with E-state index in [1.165, 1.54) is 36.4 Å². The Kier molecular flexibility index (Phi) is 4.53. The zero-order valence-corrected chi connectivity index (χ0v) is 12.4. The van der Waals surface area contributed by atoms with Gasteiger partial charge >= 0.3 is 0 Å². The van der Waals surface area contributed by atoms with Crippen molar-refractivity contribution in [1.29, 1.82) is 0 Å². The van der Waals surface area contributed by atoms with Crippen LogP contribution in [0, 0.1) is 15.9 Å². The van der Waals surface area contributed by atoms with Crippen molar-refractivity contribution < 1.29 is 17.7 Å². The van der Waals surface area contributed by atoms with Gasteiger partial charge in [-0.15, -0.1) is 0 Å². The molecule has 0 spiro atoms. The summed E-state index contributed by atoms with van der Waals surface area (Å²) in [5, 5.41) is 10.6. The Morgan fingerprint density at radius 3 is 2.36 bits per heavy atom. The Morgan fingerprint density at radius 1 is 1.18 bits per heavy atom. The summed E-state index contributed by atoms with van der Waals surface area (Å²) in [6.07, 6.45) is 0. The standard InChI is InChI=1S/C14H13FN2O4S/c1-10(11-5-7-13(8-6-11)17(18)19)16-22(20,21)14-4-2-3-12(15)9-14/h2-10,16H,1H3. The van der Waals surface area contributed by atoms with Crippen LogP contribution in [-0.2, 0) is 10.0 Å². The molecular weight excluding hydrogens is 311 g/mol. The largest absolute Gasteiger partial charge is 0.269 e. The highest BCUT2D eigenvalue weighted by atomic mass is 32.2. The minimum atomic E-state index is -3.88. The van der Waals surface area contributed by atoms with Gasteiger partial charge in [0.15, 0.2) is 0 Å². The summed E-state index contributed by atoms with van der Waals surface area (Å²) in [4.78, 5) is 9.87. The second-order valence-corrected chi connectivity index (χ2v) is 6.36. The first-order valence-electron chi connectivity index (χ1n) is 6.32. The van der Waals surface area contributed by atoms with Crippen LogP contribution in [0.15, 0.2) is 53.4 Å². The second-order valence-electron chi connectivity index (χ2n) is 4.65. The topological polar surface area (TPSA) is 89.3 Å².